The van der Waals surface area contributed by atoms with Gasteiger partial charge in [-0.05, 0) is 56.3 Å². The highest BCUT2D eigenvalue weighted by Gasteiger charge is 2.30. The van der Waals surface area contributed by atoms with Crippen molar-refractivity contribution in [1.82, 2.24) is 5.32 Å². The van der Waals surface area contributed by atoms with Crippen molar-refractivity contribution in [2.45, 2.75) is 31.7 Å². The van der Waals surface area contributed by atoms with E-state index in [2.05, 4.69) is 10.2 Å². The maximum Gasteiger partial charge on any atom is 0.250 e. The molecule has 0 aromatic heterocycles. The number of halogens is 1. The molecule has 1 amide bonds. The summed E-state index contributed by atoms with van der Waals surface area (Å²) >= 11 is 6.00. The monoisotopic (exact) mass is 307 g/mol. The molecule has 2 fully saturated rings. The van der Waals surface area contributed by atoms with Gasteiger partial charge in [0.05, 0.1) is 5.56 Å². The molecule has 0 bridgehead atoms. The molecule has 2 saturated heterocycles. The van der Waals surface area contributed by atoms with Gasteiger partial charge < -0.3 is 16.0 Å². The van der Waals surface area contributed by atoms with Crippen LogP contribution in [0.4, 0.5) is 5.69 Å². The summed E-state index contributed by atoms with van der Waals surface area (Å²) in [6.07, 6.45) is 4.95. The maximum absolute atomic E-state index is 11.7. The fraction of sp³-hybridized carbons (Fsp3) is 0.562. The molecule has 0 saturated carbocycles. The highest BCUT2D eigenvalue weighted by molar-refractivity contribution is 6.31. The smallest absolute Gasteiger partial charge is 0.250 e. The van der Waals surface area contributed by atoms with E-state index in [0.29, 0.717) is 22.5 Å². The summed E-state index contributed by atoms with van der Waals surface area (Å²) in [4.78, 5) is 14.0. The van der Waals surface area contributed by atoms with E-state index in [9.17, 15) is 4.79 Å². The lowest BCUT2D eigenvalue weighted by atomic mass is 9.89. The predicted molar refractivity (Wildman–Crippen MR) is 85.9 cm³/mol. The number of rotatable bonds is 3. The second-order valence-corrected chi connectivity index (χ2v) is 6.51. The molecule has 114 valence electrons. The molecule has 4 nitrogen and oxygen atoms in total. The van der Waals surface area contributed by atoms with Crippen LogP contribution in [0.5, 0.6) is 0 Å². The maximum atomic E-state index is 11.7. The van der Waals surface area contributed by atoms with Crippen LogP contribution in [0.15, 0.2) is 18.2 Å². The highest BCUT2D eigenvalue weighted by atomic mass is 35.5. The van der Waals surface area contributed by atoms with E-state index in [4.69, 9.17) is 17.3 Å². The van der Waals surface area contributed by atoms with Gasteiger partial charge in [-0.15, -0.1) is 0 Å². The topological polar surface area (TPSA) is 58.4 Å². The molecule has 2 aliphatic rings. The Morgan fingerprint density at radius 3 is 2.90 bits per heavy atom. The van der Waals surface area contributed by atoms with Crippen LogP contribution in [0, 0.1) is 5.92 Å². The third kappa shape index (κ3) is 3.16. The van der Waals surface area contributed by atoms with Crippen molar-refractivity contribution in [2.24, 2.45) is 11.7 Å². The average molecular weight is 308 g/mol. The van der Waals surface area contributed by atoms with E-state index < -0.39 is 5.91 Å². The Balaban J connectivity index is 1.81. The van der Waals surface area contributed by atoms with Gasteiger partial charge in [-0.1, -0.05) is 11.6 Å². The minimum absolute atomic E-state index is 0.409. The minimum atomic E-state index is -0.409. The number of hydrogen-bond donors (Lipinski definition) is 2. The SMILES string of the molecule is NC(=O)c1cc(Cl)ccc1N1CCCC(C2CCCN2)C1. The van der Waals surface area contributed by atoms with Crippen molar-refractivity contribution < 1.29 is 4.79 Å². The van der Waals surface area contributed by atoms with Gasteiger partial charge in [0.15, 0.2) is 0 Å². The Bertz CT molecular complexity index is 528. The summed E-state index contributed by atoms with van der Waals surface area (Å²) in [5, 5.41) is 4.16. The zero-order valence-corrected chi connectivity index (χ0v) is 12.9. The molecule has 2 atom stereocenters. The molecule has 2 heterocycles. The number of nitrogens with one attached hydrogen (secondary N) is 1. The van der Waals surface area contributed by atoms with Crippen molar-refractivity contribution in [3.63, 3.8) is 0 Å². The van der Waals surface area contributed by atoms with E-state index in [1.165, 1.54) is 19.3 Å². The van der Waals surface area contributed by atoms with Gasteiger partial charge in [-0.3, -0.25) is 4.79 Å². The summed E-state index contributed by atoms with van der Waals surface area (Å²) in [5.41, 5.74) is 6.97. The number of hydrogen-bond acceptors (Lipinski definition) is 3. The molecule has 2 unspecified atom stereocenters. The van der Waals surface area contributed by atoms with Crippen LogP contribution in [0.25, 0.3) is 0 Å². The standard InChI is InChI=1S/C16H22ClN3O/c17-12-5-6-15(13(9-12)16(18)21)20-8-2-3-11(10-20)14-4-1-7-19-14/h5-6,9,11,14,19H,1-4,7-8,10H2,(H2,18,21). The van der Waals surface area contributed by atoms with Crippen molar-refractivity contribution in [2.75, 3.05) is 24.5 Å². The first-order valence-corrected chi connectivity index (χ1v) is 8.10. The largest absolute Gasteiger partial charge is 0.371 e. The summed E-state index contributed by atoms with van der Waals surface area (Å²) in [6.45, 7) is 3.10. The number of primary amides is 1. The lowest BCUT2D eigenvalue weighted by molar-refractivity contribution is 0.100. The van der Waals surface area contributed by atoms with Gasteiger partial charge in [-0.2, -0.15) is 0 Å². The van der Waals surface area contributed by atoms with E-state index in [1.54, 1.807) is 6.07 Å². The molecular formula is C16H22ClN3O. The fourth-order valence-electron chi connectivity index (χ4n) is 3.65. The van der Waals surface area contributed by atoms with Gasteiger partial charge in [0.2, 0.25) is 0 Å². The van der Waals surface area contributed by atoms with Crippen molar-refractivity contribution in [3.8, 4) is 0 Å². The van der Waals surface area contributed by atoms with Crippen LogP contribution in [0.3, 0.4) is 0 Å². The molecule has 0 radical (unpaired) electrons. The Morgan fingerprint density at radius 1 is 1.33 bits per heavy atom. The first kappa shape index (κ1) is 14.7. The van der Waals surface area contributed by atoms with Crippen LogP contribution < -0.4 is 16.0 Å². The third-order valence-corrected chi connectivity index (χ3v) is 4.93. The lowest BCUT2D eigenvalue weighted by Crippen LogP contribution is -2.44. The zero-order valence-electron chi connectivity index (χ0n) is 12.1. The van der Waals surface area contributed by atoms with Crippen LogP contribution in [-0.2, 0) is 0 Å². The first-order chi connectivity index (χ1) is 10.1. The number of piperidine rings is 1. The number of carbonyl (C=O) groups excluding carboxylic acids is 1. The number of carbonyl (C=O) groups is 1. The van der Waals surface area contributed by atoms with Gasteiger partial charge in [0.1, 0.15) is 0 Å². The Morgan fingerprint density at radius 2 is 2.19 bits per heavy atom. The third-order valence-electron chi connectivity index (χ3n) is 4.69. The molecule has 1 aromatic rings. The van der Waals surface area contributed by atoms with Gasteiger partial charge >= 0.3 is 0 Å². The average Bonchev–Trinajstić information content (AvgIpc) is 3.01. The number of nitrogens with zero attached hydrogens (tertiary/aromatic N) is 1. The summed E-state index contributed by atoms with van der Waals surface area (Å²) in [7, 11) is 0. The first-order valence-electron chi connectivity index (χ1n) is 7.73. The molecular weight excluding hydrogens is 286 g/mol. The van der Waals surface area contributed by atoms with Crippen molar-refractivity contribution >= 4 is 23.2 Å². The Kier molecular flexibility index (Phi) is 4.36. The summed E-state index contributed by atoms with van der Waals surface area (Å²) < 4.78 is 0. The molecule has 3 N–H and O–H groups in total. The number of amides is 1. The van der Waals surface area contributed by atoms with Gasteiger partial charge in [0.25, 0.3) is 5.91 Å². The fourth-order valence-corrected chi connectivity index (χ4v) is 3.82. The molecule has 2 aliphatic heterocycles. The molecule has 3 rings (SSSR count). The highest BCUT2D eigenvalue weighted by Crippen LogP contribution is 2.31. The second-order valence-electron chi connectivity index (χ2n) is 6.08. The van der Waals surface area contributed by atoms with E-state index in [1.807, 2.05) is 12.1 Å². The van der Waals surface area contributed by atoms with E-state index in [0.717, 1.165) is 31.7 Å². The minimum Gasteiger partial charge on any atom is -0.371 e. The molecule has 21 heavy (non-hydrogen) atoms. The lowest BCUT2D eigenvalue weighted by Gasteiger charge is -2.37. The number of benzene rings is 1. The molecule has 1 aromatic carbocycles. The van der Waals surface area contributed by atoms with Crippen LogP contribution >= 0.6 is 11.6 Å². The zero-order chi connectivity index (χ0) is 14.8. The molecule has 0 spiro atoms. The van der Waals surface area contributed by atoms with Gasteiger partial charge in [0, 0.05) is 29.8 Å². The van der Waals surface area contributed by atoms with Crippen LogP contribution in [0.1, 0.15) is 36.0 Å². The van der Waals surface area contributed by atoms with Gasteiger partial charge in [-0.25, -0.2) is 0 Å². The Labute approximate surface area is 130 Å². The quantitative estimate of drug-likeness (QED) is 0.901. The Hall–Kier alpha value is -1.26. The number of nitrogens with two attached hydrogens (primary N) is 1. The van der Waals surface area contributed by atoms with Crippen LogP contribution in [0.2, 0.25) is 5.02 Å². The normalized spacial score (nSPS) is 26.0. The van der Waals surface area contributed by atoms with Crippen LogP contribution in [-0.4, -0.2) is 31.6 Å². The molecule has 5 heteroatoms. The van der Waals surface area contributed by atoms with E-state index >= 15 is 0 Å². The number of anilines is 1. The second kappa shape index (κ2) is 6.24. The van der Waals surface area contributed by atoms with Crippen molar-refractivity contribution in [3.05, 3.63) is 28.8 Å². The predicted octanol–water partition coefficient (Wildman–Crippen LogP) is 2.41. The summed E-state index contributed by atoms with van der Waals surface area (Å²) in [6, 6.07) is 6.06. The van der Waals surface area contributed by atoms with E-state index in [-0.39, 0.29) is 0 Å². The van der Waals surface area contributed by atoms with Crippen molar-refractivity contribution in [1.29, 1.82) is 0 Å². The summed E-state index contributed by atoms with van der Waals surface area (Å²) in [5.74, 6) is 0.242. The molecule has 0 aliphatic carbocycles.